The van der Waals surface area contributed by atoms with Crippen molar-refractivity contribution >= 4 is 22.3 Å². The van der Waals surface area contributed by atoms with Gasteiger partial charge in [0.05, 0.1) is 0 Å². The zero-order valence-corrected chi connectivity index (χ0v) is 22.3. The van der Waals surface area contributed by atoms with Crippen LogP contribution in [0, 0.1) is 34.0 Å². The summed E-state index contributed by atoms with van der Waals surface area (Å²) in [5.41, 5.74) is 4.07. The number of aromatic nitrogens is 1. The second-order valence-electron chi connectivity index (χ2n) is 13.2. The van der Waals surface area contributed by atoms with Gasteiger partial charge in [-0.25, -0.2) is 0 Å². The van der Waals surface area contributed by atoms with E-state index in [2.05, 4.69) is 56.1 Å². The summed E-state index contributed by atoms with van der Waals surface area (Å²) in [4.78, 5) is 18.5. The molecule has 0 N–H and O–H groups in total. The number of benzene rings is 1. The number of nitrogens with zero attached hydrogens (tertiary/aromatic N) is 2. The molecule has 3 fully saturated rings. The maximum Gasteiger partial charge on any atom is 0.219 e. The van der Waals surface area contributed by atoms with Gasteiger partial charge in [-0.1, -0.05) is 39.0 Å². The van der Waals surface area contributed by atoms with Crippen molar-refractivity contribution in [1.82, 2.24) is 9.88 Å². The highest BCUT2D eigenvalue weighted by Gasteiger charge is 2.63. The number of carbonyl (C=O) groups excluding carboxylic acids is 1. The SMILES string of the molecule is CC(=O)N(C)[C@@H]1CC[C@@]2(C)[C@@H](CC[C@]3(C)[C@@H]2CC[C@]2(C)C(c4ccc5ccncc5c4)=CC[C@@H]32)C1. The van der Waals surface area contributed by atoms with Gasteiger partial charge in [-0.15, -0.1) is 0 Å². The fourth-order valence-corrected chi connectivity index (χ4v) is 9.77. The van der Waals surface area contributed by atoms with Gasteiger partial charge < -0.3 is 4.90 Å². The second-order valence-corrected chi connectivity index (χ2v) is 13.2. The van der Waals surface area contributed by atoms with Crippen molar-refractivity contribution in [3.8, 4) is 0 Å². The lowest BCUT2D eigenvalue weighted by Gasteiger charge is -2.66. The zero-order chi connectivity index (χ0) is 24.6. The summed E-state index contributed by atoms with van der Waals surface area (Å²) >= 11 is 0. The quantitative estimate of drug-likeness (QED) is 0.455. The Morgan fingerprint density at radius 2 is 1.77 bits per heavy atom. The molecule has 1 aromatic heterocycles. The van der Waals surface area contributed by atoms with Crippen LogP contribution in [-0.4, -0.2) is 28.9 Å². The Hall–Kier alpha value is -2.16. The number of rotatable bonds is 2. The summed E-state index contributed by atoms with van der Waals surface area (Å²) < 4.78 is 0. The van der Waals surface area contributed by atoms with Crippen LogP contribution in [0.3, 0.4) is 0 Å². The van der Waals surface area contributed by atoms with E-state index in [0.717, 1.165) is 17.8 Å². The fraction of sp³-hybridized carbons (Fsp3) is 0.625. The normalized spacial score (nSPS) is 40.4. The summed E-state index contributed by atoms with van der Waals surface area (Å²) in [5.74, 6) is 2.50. The van der Waals surface area contributed by atoms with E-state index in [1.165, 1.54) is 67.7 Å². The van der Waals surface area contributed by atoms with E-state index in [4.69, 9.17) is 0 Å². The van der Waals surface area contributed by atoms with E-state index in [-0.39, 0.29) is 11.3 Å². The molecular weight excluding hydrogens is 428 g/mol. The first-order valence-electron chi connectivity index (χ1n) is 13.9. The van der Waals surface area contributed by atoms with Gasteiger partial charge in [0.2, 0.25) is 5.91 Å². The van der Waals surface area contributed by atoms with Crippen molar-refractivity contribution in [3.63, 3.8) is 0 Å². The third-order valence-corrected chi connectivity index (χ3v) is 11.8. The predicted molar refractivity (Wildman–Crippen MR) is 144 cm³/mol. The average Bonchev–Trinajstić information content (AvgIpc) is 3.21. The first kappa shape index (κ1) is 23.3. The molecule has 0 spiro atoms. The first-order chi connectivity index (χ1) is 16.7. The number of amides is 1. The monoisotopic (exact) mass is 470 g/mol. The molecule has 1 amide bonds. The van der Waals surface area contributed by atoms with Crippen LogP contribution < -0.4 is 0 Å². The molecule has 4 aliphatic rings. The van der Waals surface area contributed by atoms with E-state index >= 15 is 0 Å². The Labute approximate surface area is 211 Å². The fourth-order valence-electron chi connectivity index (χ4n) is 9.77. The molecule has 7 atom stereocenters. The smallest absolute Gasteiger partial charge is 0.219 e. The van der Waals surface area contributed by atoms with Crippen LogP contribution in [0.2, 0.25) is 0 Å². The van der Waals surface area contributed by atoms with Gasteiger partial charge in [-0.3, -0.25) is 9.78 Å². The molecule has 0 unspecified atom stereocenters. The lowest BCUT2D eigenvalue weighted by atomic mass is 9.39. The summed E-state index contributed by atoms with van der Waals surface area (Å²) in [6.07, 6.45) is 16.7. The lowest BCUT2D eigenvalue weighted by Crippen LogP contribution is -2.59. The third-order valence-electron chi connectivity index (χ3n) is 11.8. The Morgan fingerprint density at radius 1 is 0.971 bits per heavy atom. The van der Waals surface area contributed by atoms with Crippen molar-refractivity contribution < 1.29 is 4.79 Å². The molecular formula is C32H42N2O. The topological polar surface area (TPSA) is 33.2 Å². The summed E-state index contributed by atoms with van der Waals surface area (Å²) in [5, 5.41) is 2.52. The van der Waals surface area contributed by atoms with Crippen LogP contribution in [0.4, 0.5) is 0 Å². The first-order valence-corrected chi connectivity index (χ1v) is 13.9. The molecule has 1 aromatic carbocycles. The van der Waals surface area contributed by atoms with Crippen LogP contribution in [0.15, 0.2) is 42.7 Å². The van der Waals surface area contributed by atoms with E-state index in [9.17, 15) is 4.79 Å². The molecule has 35 heavy (non-hydrogen) atoms. The van der Waals surface area contributed by atoms with Crippen LogP contribution in [-0.2, 0) is 4.79 Å². The molecule has 3 saturated carbocycles. The van der Waals surface area contributed by atoms with Crippen molar-refractivity contribution in [1.29, 1.82) is 0 Å². The molecule has 186 valence electrons. The molecule has 3 heteroatoms. The number of allylic oxidation sites excluding steroid dienone is 2. The minimum atomic E-state index is 0.224. The molecule has 4 aliphatic carbocycles. The van der Waals surface area contributed by atoms with E-state index < -0.39 is 0 Å². The summed E-state index contributed by atoms with van der Waals surface area (Å²) in [6.45, 7) is 9.60. The number of fused-ring (bicyclic) bond motifs is 6. The zero-order valence-electron chi connectivity index (χ0n) is 22.3. The highest BCUT2D eigenvalue weighted by molar-refractivity contribution is 5.87. The Kier molecular flexibility index (Phi) is 5.26. The molecule has 3 nitrogen and oxygen atoms in total. The molecule has 2 aromatic rings. The van der Waals surface area contributed by atoms with E-state index in [0.29, 0.717) is 16.9 Å². The molecule has 0 bridgehead atoms. The van der Waals surface area contributed by atoms with Gasteiger partial charge in [0.25, 0.3) is 0 Å². The van der Waals surface area contributed by atoms with Crippen LogP contribution in [0.1, 0.15) is 84.6 Å². The standard InChI is InChI=1S/C32H42N2O/c1-21(35)34(5)26-11-15-30(2)25(19-26)10-14-32(4)28-9-8-27(31(28,3)16-12-29(30)32)23-7-6-22-13-17-33-20-24(22)18-23/h6-8,13,17-18,20,25-26,28-29H,9-12,14-16,19H2,1-5H3/t25-,26+,28+,29+,30-,31+,32-/m0/s1. The number of pyridine rings is 1. The van der Waals surface area contributed by atoms with E-state index in [1.54, 1.807) is 12.5 Å². The van der Waals surface area contributed by atoms with Crippen LogP contribution in [0.5, 0.6) is 0 Å². The molecule has 0 aliphatic heterocycles. The van der Waals surface area contributed by atoms with Gasteiger partial charge in [0, 0.05) is 37.8 Å². The number of hydrogen-bond donors (Lipinski definition) is 0. The number of hydrogen-bond acceptors (Lipinski definition) is 2. The van der Waals surface area contributed by atoms with Gasteiger partial charge in [-0.05, 0) is 114 Å². The van der Waals surface area contributed by atoms with Gasteiger partial charge in [0.15, 0.2) is 0 Å². The Morgan fingerprint density at radius 3 is 2.57 bits per heavy atom. The Bertz CT molecular complexity index is 1200. The van der Waals surface area contributed by atoms with E-state index in [1.807, 2.05) is 24.3 Å². The van der Waals surface area contributed by atoms with Crippen LogP contribution in [0.25, 0.3) is 16.3 Å². The van der Waals surface area contributed by atoms with Crippen molar-refractivity contribution in [2.45, 2.75) is 85.1 Å². The summed E-state index contributed by atoms with van der Waals surface area (Å²) in [7, 11) is 2.02. The lowest BCUT2D eigenvalue weighted by molar-refractivity contribution is -0.161. The average molecular weight is 471 g/mol. The number of carbonyl (C=O) groups is 1. The highest BCUT2D eigenvalue weighted by atomic mass is 16.2. The van der Waals surface area contributed by atoms with Gasteiger partial charge in [0.1, 0.15) is 0 Å². The highest BCUT2D eigenvalue weighted by Crippen LogP contribution is 2.72. The van der Waals surface area contributed by atoms with Crippen molar-refractivity contribution in [2.24, 2.45) is 34.0 Å². The third kappa shape index (κ3) is 3.29. The van der Waals surface area contributed by atoms with Crippen molar-refractivity contribution in [3.05, 3.63) is 48.3 Å². The van der Waals surface area contributed by atoms with Crippen LogP contribution >= 0.6 is 0 Å². The predicted octanol–water partition coefficient (Wildman–Crippen LogP) is 7.51. The van der Waals surface area contributed by atoms with Gasteiger partial charge in [-0.2, -0.15) is 0 Å². The molecule has 6 rings (SSSR count). The minimum absolute atomic E-state index is 0.224. The molecule has 0 saturated heterocycles. The largest absolute Gasteiger partial charge is 0.343 e. The van der Waals surface area contributed by atoms with Gasteiger partial charge >= 0.3 is 0 Å². The maximum atomic E-state index is 12.1. The molecule has 1 heterocycles. The maximum absolute atomic E-state index is 12.1. The molecule has 0 radical (unpaired) electrons. The summed E-state index contributed by atoms with van der Waals surface area (Å²) in [6, 6.07) is 9.55. The minimum Gasteiger partial charge on any atom is -0.343 e. The second kappa shape index (κ2) is 7.92. The Balaban J connectivity index is 1.29. The van der Waals surface area contributed by atoms with Crippen molar-refractivity contribution in [2.75, 3.05) is 7.05 Å².